The summed E-state index contributed by atoms with van der Waals surface area (Å²) in [7, 11) is 1.47. The van der Waals surface area contributed by atoms with Crippen molar-refractivity contribution in [2.45, 2.75) is 6.10 Å². The summed E-state index contributed by atoms with van der Waals surface area (Å²) < 4.78 is 23.2. The van der Waals surface area contributed by atoms with Gasteiger partial charge in [-0.2, -0.15) is 4.98 Å². The number of aromatic hydroxyl groups is 1. The van der Waals surface area contributed by atoms with Crippen molar-refractivity contribution in [1.82, 2.24) is 10.1 Å². The van der Waals surface area contributed by atoms with Gasteiger partial charge in [-0.1, -0.05) is 5.16 Å². The summed E-state index contributed by atoms with van der Waals surface area (Å²) in [5.41, 5.74) is 5.86. The van der Waals surface area contributed by atoms with Gasteiger partial charge in [0.15, 0.2) is 11.6 Å². The Labute approximate surface area is 102 Å². The third-order valence-electron chi connectivity index (χ3n) is 2.42. The van der Waals surface area contributed by atoms with Crippen LogP contribution in [0.5, 0.6) is 5.75 Å². The molecule has 18 heavy (non-hydrogen) atoms. The lowest BCUT2D eigenvalue weighted by molar-refractivity contribution is 0.0804. The molecule has 2 aromatic rings. The summed E-state index contributed by atoms with van der Waals surface area (Å²) in [4.78, 5) is 4.06. The molecule has 0 bridgehead atoms. The first kappa shape index (κ1) is 12.5. The lowest BCUT2D eigenvalue weighted by Gasteiger charge is -2.05. The Hall–Kier alpha value is -1.99. The zero-order chi connectivity index (χ0) is 13.1. The van der Waals surface area contributed by atoms with Crippen LogP contribution in [0.1, 0.15) is 12.0 Å². The molecule has 1 aromatic heterocycles. The van der Waals surface area contributed by atoms with Gasteiger partial charge in [-0.3, -0.25) is 0 Å². The van der Waals surface area contributed by atoms with Crippen molar-refractivity contribution in [1.29, 1.82) is 0 Å². The van der Waals surface area contributed by atoms with Crippen molar-refractivity contribution in [2.24, 2.45) is 5.73 Å². The Bertz CT molecular complexity index is 540. The first-order valence-electron chi connectivity index (χ1n) is 5.21. The molecule has 0 fully saturated rings. The van der Waals surface area contributed by atoms with E-state index < -0.39 is 17.7 Å². The average molecular weight is 253 g/mol. The van der Waals surface area contributed by atoms with Gasteiger partial charge in [-0.05, 0) is 18.2 Å². The Morgan fingerprint density at radius 2 is 2.33 bits per heavy atom. The quantitative estimate of drug-likeness (QED) is 0.850. The van der Waals surface area contributed by atoms with Crippen LogP contribution in [0.25, 0.3) is 11.4 Å². The van der Waals surface area contributed by atoms with E-state index in [1.165, 1.54) is 19.2 Å². The van der Waals surface area contributed by atoms with Crippen LogP contribution >= 0.6 is 0 Å². The molecule has 6 nitrogen and oxygen atoms in total. The summed E-state index contributed by atoms with van der Waals surface area (Å²) in [6.07, 6.45) is -0.492. The van der Waals surface area contributed by atoms with Crippen LogP contribution in [0.3, 0.4) is 0 Å². The van der Waals surface area contributed by atoms with E-state index in [1.54, 1.807) is 0 Å². The topological polar surface area (TPSA) is 94.4 Å². The summed E-state index contributed by atoms with van der Waals surface area (Å²) in [5, 5.41) is 12.8. The molecule has 0 amide bonds. The van der Waals surface area contributed by atoms with Crippen molar-refractivity contribution < 1.29 is 18.8 Å². The SMILES string of the molecule is COC(CN)c1nc(-c2ccc(O)c(F)c2)no1. The number of nitrogens with zero attached hydrogens (tertiary/aromatic N) is 2. The van der Waals surface area contributed by atoms with Crippen LogP contribution in [-0.2, 0) is 4.74 Å². The smallest absolute Gasteiger partial charge is 0.257 e. The number of aromatic nitrogens is 2. The molecule has 1 heterocycles. The van der Waals surface area contributed by atoms with E-state index in [4.69, 9.17) is 20.1 Å². The first-order valence-corrected chi connectivity index (χ1v) is 5.21. The lowest BCUT2D eigenvalue weighted by atomic mass is 10.2. The monoisotopic (exact) mass is 253 g/mol. The van der Waals surface area contributed by atoms with Crippen LogP contribution in [0.4, 0.5) is 4.39 Å². The second-order valence-corrected chi connectivity index (χ2v) is 3.58. The van der Waals surface area contributed by atoms with Gasteiger partial charge < -0.3 is 20.1 Å². The van der Waals surface area contributed by atoms with Crippen molar-refractivity contribution in [3.63, 3.8) is 0 Å². The number of benzene rings is 1. The molecule has 1 atom stereocenters. The van der Waals surface area contributed by atoms with Gasteiger partial charge in [0.05, 0.1) is 0 Å². The number of ether oxygens (including phenoxy) is 1. The number of rotatable bonds is 4. The summed E-state index contributed by atoms with van der Waals surface area (Å²) in [5.74, 6) is -0.747. The maximum Gasteiger partial charge on any atom is 0.257 e. The van der Waals surface area contributed by atoms with Crippen LogP contribution in [0.15, 0.2) is 22.7 Å². The van der Waals surface area contributed by atoms with Crippen LogP contribution in [-0.4, -0.2) is 28.9 Å². The van der Waals surface area contributed by atoms with E-state index in [1.807, 2.05) is 0 Å². The van der Waals surface area contributed by atoms with Crippen LogP contribution < -0.4 is 5.73 Å². The average Bonchev–Trinajstić information content (AvgIpc) is 2.84. The number of halogens is 1. The van der Waals surface area contributed by atoms with E-state index >= 15 is 0 Å². The van der Waals surface area contributed by atoms with Gasteiger partial charge in [0.25, 0.3) is 5.89 Å². The Morgan fingerprint density at radius 3 is 2.94 bits per heavy atom. The molecular weight excluding hydrogens is 241 g/mol. The molecule has 96 valence electrons. The number of nitrogens with two attached hydrogens (primary N) is 1. The highest BCUT2D eigenvalue weighted by atomic mass is 19.1. The fourth-order valence-corrected chi connectivity index (χ4v) is 1.43. The van der Waals surface area contributed by atoms with Crippen molar-refractivity contribution in [2.75, 3.05) is 13.7 Å². The van der Waals surface area contributed by atoms with Crippen molar-refractivity contribution in [3.05, 3.63) is 29.9 Å². The summed E-state index contributed by atoms with van der Waals surface area (Å²) >= 11 is 0. The molecule has 7 heteroatoms. The summed E-state index contributed by atoms with van der Waals surface area (Å²) in [6, 6.07) is 3.82. The van der Waals surface area contributed by atoms with Gasteiger partial charge in [0.1, 0.15) is 6.10 Å². The number of phenolic OH excluding ortho intramolecular Hbond substituents is 1. The van der Waals surface area contributed by atoms with Gasteiger partial charge in [0.2, 0.25) is 5.82 Å². The van der Waals surface area contributed by atoms with Crippen molar-refractivity contribution >= 4 is 0 Å². The number of hydrogen-bond donors (Lipinski definition) is 2. The number of methoxy groups -OCH3 is 1. The standard InChI is InChI=1S/C11H12FN3O3/c1-17-9(5-13)11-14-10(15-18-11)6-2-3-8(16)7(12)4-6/h2-4,9,16H,5,13H2,1H3. The minimum absolute atomic E-state index is 0.197. The molecule has 0 saturated heterocycles. The molecular formula is C11H12FN3O3. The number of hydrogen-bond acceptors (Lipinski definition) is 6. The van der Waals surface area contributed by atoms with Gasteiger partial charge in [-0.25, -0.2) is 4.39 Å². The molecule has 0 radical (unpaired) electrons. The van der Waals surface area contributed by atoms with E-state index in [9.17, 15) is 4.39 Å². The normalized spacial score (nSPS) is 12.6. The van der Waals surface area contributed by atoms with Crippen LogP contribution in [0.2, 0.25) is 0 Å². The molecule has 0 aliphatic rings. The molecule has 0 aliphatic heterocycles. The molecule has 2 rings (SSSR count). The minimum atomic E-state index is -0.749. The van der Waals surface area contributed by atoms with Crippen LogP contribution in [0, 0.1) is 5.82 Å². The number of phenols is 1. The fraction of sp³-hybridized carbons (Fsp3) is 0.273. The third kappa shape index (κ3) is 2.31. The Balaban J connectivity index is 2.31. The molecule has 0 saturated carbocycles. The lowest BCUT2D eigenvalue weighted by Crippen LogP contribution is -2.14. The Kier molecular flexibility index (Phi) is 3.54. The highest BCUT2D eigenvalue weighted by Crippen LogP contribution is 2.24. The van der Waals surface area contributed by atoms with Gasteiger partial charge in [0, 0.05) is 19.2 Å². The molecule has 1 aromatic carbocycles. The first-order chi connectivity index (χ1) is 8.65. The zero-order valence-electron chi connectivity index (χ0n) is 9.63. The molecule has 0 aliphatic carbocycles. The second kappa shape index (κ2) is 5.11. The largest absolute Gasteiger partial charge is 0.505 e. The van der Waals surface area contributed by atoms with E-state index in [-0.39, 0.29) is 18.3 Å². The molecule has 1 unspecified atom stereocenters. The van der Waals surface area contributed by atoms with E-state index in [0.29, 0.717) is 5.56 Å². The second-order valence-electron chi connectivity index (χ2n) is 3.58. The zero-order valence-corrected chi connectivity index (χ0v) is 9.63. The van der Waals surface area contributed by atoms with E-state index in [0.717, 1.165) is 6.07 Å². The van der Waals surface area contributed by atoms with Crippen molar-refractivity contribution in [3.8, 4) is 17.1 Å². The van der Waals surface area contributed by atoms with Gasteiger partial charge in [-0.15, -0.1) is 0 Å². The summed E-state index contributed by atoms with van der Waals surface area (Å²) in [6.45, 7) is 0.197. The predicted octanol–water partition coefficient (Wildman–Crippen LogP) is 1.23. The minimum Gasteiger partial charge on any atom is -0.505 e. The third-order valence-corrected chi connectivity index (χ3v) is 2.42. The Morgan fingerprint density at radius 1 is 1.56 bits per heavy atom. The highest BCUT2D eigenvalue weighted by molar-refractivity contribution is 5.55. The highest BCUT2D eigenvalue weighted by Gasteiger charge is 2.18. The fourth-order valence-electron chi connectivity index (χ4n) is 1.43. The maximum atomic E-state index is 13.2. The predicted molar refractivity (Wildman–Crippen MR) is 60.2 cm³/mol. The van der Waals surface area contributed by atoms with E-state index in [2.05, 4.69) is 10.1 Å². The molecule has 3 N–H and O–H groups in total. The van der Waals surface area contributed by atoms with Gasteiger partial charge >= 0.3 is 0 Å². The maximum absolute atomic E-state index is 13.2. The molecule has 0 spiro atoms.